The molecule has 18 nitrogen and oxygen atoms in total. The Bertz CT molecular complexity index is 3270. The Morgan fingerprint density at radius 1 is 0.375 bits per heavy atom. The van der Waals surface area contributed by atoms with Gasteiger partial charge in [0.1, 0.15) is 42.8 Å². The molecule has 2 aliphatic rings. The smallest absolute Gasteiger partial charge is 0.356 e. The van der Waals surface area contributed by atoms with Crippen LogP contribution in [0.5, 0.6) is 23.0 Å². The summed E-state index contributed by atoms with van der Waals surface area (Å²) < 4.78 is 55.7. The molecule has 5 heterocycles. The zero-order valence-electron chi connectivity index (χ0n) is 44.6. The average molecular weight is 1090 g/mol. The second-order valence-corrected chi connectivity index (χ2v) is 18.1. The zero-order chi connectivity index (χ0) is 55.6. The zero-order valence-corrected chi connectivity index (χ0v) is 44.6. The lowest BCUT2D eigenvalue weighted by molar-refractivity contribution is -0.159. The van der Waals surface area contributed by atoms with Crippen molar-refractivity contribution < 1.29 is 67.2 Å². The molecule has 4 N–H and O–H groups in total. The van der Waals surface area contributed by atoms with Crippen LogP contribution >= 0.6 is 0 Å². The Kier molecular flexibility index (Phi) is 19.5. The molecule has 0 unspecified atom stereocenters. The standard InChI is InChI=1S/C62H62N4O14/c1-71-28-31-74-34-37-77-44-12-4-40(5-13-44)56-48-20-22-50(63-48)57(41-6-14-45(15-7-41)78-38-35-75-32-29-72-2)52-24-26-54(65-52)59(43-10-18-47(19-11-43)80-60(61(67)68)62(69)70)55-27-25-53(66-55)58(51-23-21-49(56)64-51)42-8-16-46(17-9-42)79-39-36-76-33-30-73-3/h4-27,60,63-64H,28-39H2,1-3H3,(H,67,68)(H,69,70). The van der Waals surface area contributed by atoms with Crippen molar-refractivity contribution in [3.8, 4) is 67.5 Å². The first kappa shape index (κ1) is 56.1. The van der Waals surface area contributed by atoms with Gasteiger partial charge in [-0.05, 0) is 119 Å². The van der Waals surface area contributed by atoms with Gasteiger partial charge in [-0.2, -0.15) is 0 Å². The molecule has 80 heavy (non-hydrogen) atoms. The largest absolute Gasteiger partial charge is 0.491 e. The first-order valence-electron chi connectivity index (χ1n) is 26.0. The van der Waals surface area contributed by atoms with Gasteiger partial charge in [-0.3, -0.25) is 0 Å². The molecule has 0 fully saturated rings. The van der Waals surface area contributed by atoms with Gasteiger partial charge >= 0.3 is 11.9 Å². The van der Waals surface area contributed by atoms with E-state index in [1.54, 1.807) is 33.5 Å². The minimum atomic E-state index is -2.10. The Hall–Kier alpha value is -8.62. The highest BCUT2D eigenvalue weighted by molar-refractivity contribution is 6.00. The van der Waals surface area contributed by atoms with E-state index in [0.29, 0.717) is 130 Å². The van der Waals surface area contributed by atoms with E-state index in [1.165, 1.54) is 12.1 Å². The Balaban J connectivity index is 1.23. The number of nitrogens with one attached hydrogen (secondary N) is 2. The average Bonchev–Trinajstić information content (AvgIpc) is 4.41. The Morgan fingerprint density at radius 3 is 1.00 bits per heavy atom. The normalized spacial score (nSPS) is 11.8. The van der Waals surface area contributed by atoms with Crippen molar-refractivity contribution in [3.05, 3.63) is 144 Å². The van der Waals surface area contributed by atoms with E-state index in [9.17, 15) is 19.8 Å². The summed E-state index contributed by atoms with van der Waals surface area (Å²) in [6.07, 6.45) is 5.70. The van der Waals surface area contributed by atoms with E-state index in [2.05, 4.69) is 22.1 Å². The second-order valence-electron chi connectivity index (χ2n) is 18.1. The molecule has 2 aliphatic heterocycles. The molecular weight excluding hydrogens is 1020 g/mol. The molecule has 7 aromatic rings. The summed E-state index contributed by atoms with van der Waals surface area (Å²) in [4.78, 5) is 41.9. The Morgan fingerprint density at radius 2 is 0.662 bits per heavy atom. The first-order valence-corrected chi connectivity index (χ1v) is 26.0. The van der Waals surface area contributed by atoms with E-state index in [-0.39, 0.29) is 5.75 Å². The summed E-state index contributed by atoms with van der Waals surface area (Å²) in [5.74, 6) is -1.16. The van der Waals surface area contributed by atoms with Crippen LogP contribution in [-0.4, -0.2) is 149 Å². The lowest BCUT2D eigenvalue weighted by atomic mass is 10.0. The third-order valence-electron chi connectivity index (χ3n) is 12.8. The van der Waals surface area contributed by atoms with Crippen molar-refractivity contribution in [1.29, 1.82) is 0 Å². The minimum Gasteiger partial charge on any atom is -0.491 e. The van der Waals surface area contributed by atoms with Crippen LogP contribution in [0.15, 0.2) is 121 Å². The molecule has 8 bridgehead atoms. The topological polar surface area (TPSA) is 224 Å². The molecule has 9 rings (SSSR count). The van der Waals surface area contributed by atoms with Crippen LogP contribution in [0.2, 0.25) is 0 Å². The number of rotatable bonds is 29. The highest BCUT2D eigenvalue weighted by Gasteiger charge is 2.28. The van der Waals surface area contributed by atoms with Crippen molar-refractivity contribution in [2.75, 3.05) is 101 Å². The lowest BCUT2D eigenvalue weighted by Gasteiger charge is -2.12. The number of methoxy groups -OCH3 is 3. The number of H-pyrrole nitrogens is 2. The number of aromatic amines is 2. The maximum absolute atomic E-state index is 11.8. The van der Waals surface area contributed by atoms with Gasteiger partial charge in [0, 0.05) is 65.7 Å². The maximum Gasteiger partial charge on any atom is 0.356 e. The lowest BCUT2D eigenvalue weighted by Crippen LogP contribution is -2.35. The monoisotopic (exact) mass is 1090 g/mol. The van der Waals surface area contributed by atoms with Gasteiger partial charge in [0.15, 0.2) is 0 Å². The first-order chi connectivity index (χ1) is 39.2. The molecular formula is C62H62N4O14. The third-order valence-corrected chi connectivity index (χ3v) is 12.8. The van der Waals surface area contributed by atoms with Crippen LogP contribution in [-0.2, 0) is 38.0 Å². The molecule has 4 aromatic carbocycles. The number of carboxylic acids is 2. The number of hydrogen-bond acceptors (Lipinski definition) is 14. The van der Waals surface area contributed by atoms with Crippen LogP contribution in [0.3, 0.4) is 0 Å². The van der Waals surface area contributed by atoms with E-state index < -0.39 is 18.0 Å². The van der Waals surface area contributed by atoms with Crippen LogP contribution in [0.1, 0.15) is 22.8 Å². The quantitative estimate of drug-likeness (QED) is 0.0253. The number of nitrogens with zero attached hydrogens (tertiary/aromatic N) is 2. The summed E-state index contributed by atoms with van der Waals surface area (Å²) in [6, 6.07) is 38.4. The predicted molar refractivity (Wildman–Crippen MR) is 305 cm³/mol. The fourth-order valence-corrected chi connectivity index (χ4v) is 9.01. The fraction of sp³-hybridized carbons (Fsp3) is 0.258. The molecule has 0 aliphatic carbocycles. The van der Waals surface area contributed by atoms with Gasteiger partial charge in [0.05, 0.1) is 82.2 Å². The van der Waals surface area contributed by atoms with Gasteiger partial charge in [-0.15, -0.1) is 0 Å². The number of benzene rings is 4. The van der Waals surface area contributed by atoms with Gasteiger partial charge in [0.2, 0.25) is 0 Å². The maximum atomic E-state index is 11.8. The number of hydrogen-bond donors (Lipinski definition) is 4. The van der Waals surface area contributed by atoms with Crippen LogP contribution in [0, 0.1) is 0 Å². The summed E-state index contributed by atoms with van der Waals surface area (Å²) in [6.45, 7) is 5.26. The van der Waals surface area contributed by atoms with Gasteiger partial charge < -0.3 is 67.5 Å². The molecule has 414 valence electrons. The number of aromatic nitrogens is 4. The van der Waals surface area contributed by atoms with Crippen molar-refractivity contribution in [3.63, 3.8) is 0 Å². The third kappa shape index (κ3) is 14.2. The van der Waals surface area contributed by atoms with E-state index in [4.69, 9.17) is 57.3 Å². The van der Waals surface area contributed by atoms with Crippen molar-refractivity contribution in [1.82, 2.24) is 19.9 Å². The highest BCUT2D eigenvalue weighted by atomic mass is 16.6. The van der Waals surface area contributed by atoms with Crippen molar-refractivity contribution in [2.24, 2.45) is 0 Å². The number of ether oxygens (including phenoxy) is 10. The molecule has 0 saturated carbocycles. The van der Waals surface area contributed by atoms with E-state index in [1.807, 2.05) is 109 Å². The Labute approximate surface area is 462 Å². The van der Waals surface area contributed by atoms with Gasteiger partial charge in [-0.25, -0.2) is 19.6 Å². The summed E-state index contributed by atoms with van der Waals surface area (Å²) >= 11 is 0. The second kappa shape index (κ2) is 27.8. The fourth-order valence-electron chi connectivity index (χ4n) is 9.01. The summed E-state index contributed by atoms with van der Waals surface area (Å²) in [5, 5.41) is 19.1. The SMILES string of the molecule is COCCOCCOc1ccc(-c2c3nc(c(-c4ccc(OC(C(=O)O)C(=O)O)cc4)c4nc(c(-c5ccc(OCCOCCOC)cc5)c5ccc([nH]5)c(-c5ccc(OCCOCCOC)cc5)c5ccc2[nH]5)C=C4)C=C3)cc1. The van der Waals surface area contributed by atoms with Crippen LogP contribution in [0.25, 0.3) is 90.9 Å². The molecule has 0 spiro atoms. The number of carbonyl (C=O) groups is 2. The van der Waals surface area contributed by atoms with Crippen LogP contribution < -0.4 is 18.9 Å². The summed E-state index contributed by atoms with van der Waals surface area (Å²) in [7, 11) is 4.90. The van der Waals surface area contributed by atoms with E-state index >= 15 is 0 Å². The molecule has 0 atom stereocenters. The highest BCUT2D eigenvalue weighted by Crippen LogP contribution is 2.40. The van der Waals surface area contributed by atoms with Crippen molar-refractivity contribution >= 4 is 58.3 Å². The number of fused-ring (bicyclic) bond motifs is 8. The molecule has 0 radical (unpaired) electrons. The van der Waals surface area contributed by atoms with Crippen molar-refractivity contribution in [2.45, 2.75) is 6.10 Å². The summed E-state index contributed by atoms with van der Waals surface area (Å²) in [5.41, 5.74) is 12.2. The van der Waals surface area contributed by atoms with Crippen LogP contribution in [0.4, 0.5) is 0 Å². The van der Waals surface area contributed by atoms with Gasteiger partial charge in [-0.1, -0.05) is 48.5 Å². The molecule has 0 saturated heterocycles. The molecule has 18 heteroatoms. The number of aliphatic carboxylic acids is 2. The predicted octanol–water partition coefficient (Wildman–Crippen LogP) is 10.4. The molecule has 3 aromatic heterocycles. The number of carboxylic acid groups (broad SMARTS) is 2. The van der Waals surface area contributed by atoms with E-state index in [0.717, 1.165) is 55.4 Å². The minimum absolute atomic E-state index is 0.0538. The molecule has 0 amide bonds. The van der Waals surface area contributed by atoms with Gasteiger partial charge in [0.25, 0.3) is 6.10 Å².